The van der Waals surface area contributed by atoms with Crippen LogP contribution in [0, 0.1) is 11.7 Å². The average Bonchev–Trinajstić information content (AvgIpc) is 2.29. The van der Waals surface area contributed by atoms with Gasteiger partial charge in [0.05, 0.1) is 12.2 Å². The summed E-state index contributed by atoms with van der Waals surface area (Å²) < 4.78 is 19.0. The molecule has 2 rings (SSSR count). The lowest BCUT2D eigenvalue weighted by molar-refractivity contribution is -0.0603. The third-order valence-corrected chi connectivity index (χ3v) is 3.39. The molecule has 1 aromatic carbocycles. The second-order valence-electron chi connectivity index (χ2n) is 4.73. The SMILES string of the molecule is CC(C)C1CNCC(c2ccc(F)cc2Cl)O1. The standard InChI is InChI=1S/C13H17ClFNO/c1-8(2)12-6-16-7-13(17-12)10-4-3-9(15)5-11(10)14/h3-5,8,12-13,16H,6-7H2,1-2H3. The van der Waals surface area contributed by atoms with Gasteiger partial charge in [-0.05, 0) is 18.1 Å². The monoisotopic (exact) mass is 257 g/mol. The highest BCUT2D eigenvalue weighted by Gasteiger charge is 2.26. The van der Waals surface area contributed by atoms with Crippen LogP contribution in [-0.4, -0.2) is 19.2 Å². The Balaban J connectivity index is 2.16. The summed E-state index contributed by atoms with van der Waals surface area (Å²) in [6.07, 6.45) is 0.0825. The first-order chi connectivity index (χ1) is 8.08. The van der Waals surface area contributed by atoms with E-state index in [1.54, 1.807) is 6.07 Å². The molecule has 1 aliphatic heterocycles. The van der Waals surface area contributed by atoms with E-state index in [0.29, 0.717) is 17.5 Å². The largest absolute Gasteiger partial charge is 0.367 e. The van der Waals surface area contributed by atoms with Crippen LogP contribution in [0.2, 0.25) is 5.02 Å². The van der Waals surface area contributed by atoms with Crippen LogP contribution in [0.4, 0.5) is 4.39 Å². The highest BCUT2D eigenvalue weighted by atomic mass is 35.5. The van der Waals surface area contributed by atoms with E-state index in [9.17, 15) is 4.39 Å². The molecule has 2 atom stereocenters. The minimum atomic E-state index is -0.317. The Morgan fingerprint density at radius 2 is 2.18 bits per heavy atom. The number of rotatable bonds is 2. The molecule has 0 radical (unpaired) electrons. The molecule has 0 amide bonds. The van der Waals surface area contributed by atoms with Gasteiger partial charge in [-0.3, -0.25) is 0 Å². The molecule has 0 aliphatic carbocycles. The van der Waals surface area contributed by atoms with E-state index < -0.39 is 0 Å². The molecule has 0 bridgehead atoms. The van der Waals surface area contributed by atoms with Gasteiger partial charge in [-0.15, -0.1) is 0 Å². The maximum absolute atomic E-state index is 13.0. The molecule has 1 aliphatic rings. The third-order valence-electron chi connectivity index (χ3n) is 3.07. The summed E-state index contributed by atoms with van der Waals surface area (Å²) in [5.41, 5.74) is 0.853. The molecule has 17 heavy (non-hydrogen) atoms. The lowest BCUT2D eigenvalue weighted by Crippen LogP contribution is -2.43. The van der Waals surface area contributed by atoms with Crippen LogP contribution in [0.15, 0.2) is 18.2 Å². The third kappa shape index (κ3) is 2.97. The van der Waals surface area contributed by atoms with Gasteiger partial charge in [0.2, 0.25) is 0 Å². The Hall–Kier alpha value is -0.640. The normalized spacial score (nSPS) is 25.2. The zero-order valence-corrected chi connectivity index (χ0v) is 10.8. The zero-order valence-electron chi connectivity index (χ0n) is 10.0. The topological polar surface area (TPSA) is 21.3 Å². The van der Waals surface area contributed by atoms with Gasteiger partial charge in [-0.25, -0.2) is 4.39 Å². The van der Waals surface area contributed by atoms with Crippen molar-refractivity contribution < 1.29 is 9.13 Å². The Labute approximate surface area is 106 Å². The number of hydrogen-bond donors (Lipinski definition) is 1. The Morgan fingerprint density at radius 1 is 1.41 bits per heavy atom. The molecule has 0 saturated carbocycles. The highest BCUT2D eigenvalue weighted by molar-refractivity contribution is 6.31. The molecule has 1 N–H and O–H groups in total. The minimum Gasteiger partial charge on any atom is -0.367 e. The van der Waals surface area contributed by atoms with E-state index >= 15 is 0 Å². The Kier molecular flexibility index (Phi) is 4.02. The fourth-order valence-electron chi connectivity index (χ4n) is 2.00. The van der Waals surface area contributed by atoms with E-state index in [2.05, 4.69) is 19.2 Å². The summed E-state index contributed by atoms with van der Waals surface area (Å²) in [4.78, 5) is 0. The summed E-state index contributed by atoms with van der Waals surface area (Å²) in [6, 6.07) is 4.45. The lowest BCUT2D eigenvalue weighted by atomic mass is 10.0. The molecule has 1 fully saturated rings. The van der Waals surface area contributed by atoms with Crippen molar-refractivity contribution in [2.45, 2.75) is 26.1 Å². The van der Waals surface area contributed by atoms with Crippen molar-refractivity contribution in [1.82, 2.24) is 5.32 Å². The van der Waals surface area contributed by atoms with Crippen LogP contribution < -0.4 is 5.32 Å². The van der Waals surface area contributed by atoms with Gasteiger partial charge >= 0.3 is 0 Å². The number of benzene rings is 1. The van der Waals surface area contributed by atoms with Crippen LogP contribution >= 0.6 is 11.6 Å². The van der Waals surface area contributed by atoms with Crippen LogP contribution in [-0.2, 0) is 4.74 Å². The van der Waals surface area contributed by atoms with Crippen LogP contribution in [0.3, 0.4) is 0 Å². The molecule has 94 valence electrons. The van der Waals surface area contributed by atoms with Crippen LogP contribution in [0.1, 0.15) is 25.5 Å². The molecule has 1 saturated heterocycles. The molecular formula is C13H17ClFNO. The Bertz CT molecular complexity index is 397. The first-order valence-corrected chi connectivity index (χ1v) is 6.27. The first kappa shape index (κ1) is 12.8. The summed E-state index contributed by atoms with van der Waals surface area (Å²) in [6.45, 7) is 5.82. The van der Waals surface area contributed by atoms with Crippen molar-refractivity contribution in [3.05, 3.63) is 34.6 Å². The van der Waals surface area contributed by atoms with E-state index in [4.69, 9.17) is 16.3 Å². The van der Waals surface area contributed by atoms with Crippen molar-refractivity contribution in [2.24, 2.45) is 5.92 Å². The van der Waals surface area contributed by atoms with Gasteiger partial charge in [0.15, 0.2) is 0 Å². The van der Waals surface area contributed by atoms with E-state index in [-0.39, 0.29) is 18.0 Å². The summed E-state index contributed by atoms with van der Waals surface area (Å²) in [7, 11) is 0. The molecule has 4 heteroatoms. The van der Waals surface area contributed by atoms with Crippen molar-refractivity contribution in [3.63, 3.8) is 0 Å². The quantitative estimate of drug-likeness (QED) is 0.879. The van der Waals surface area contributed by atoms with Gasteiger partial charge < -0.3 is 10.1 Å². The summed E-state index contributed by atoms with van der Waals surface area (Å²) >= 11 is 6.04. The van der Waals surface area contributed by atoms with Crippen molar-refractivity contribution in [3.8, 4) is 0 Å². The van der Waals surface area contributed by atoms with Gasteiger partial charge in [-0.2, -0.15) is 0 Å². The van der Waals surface area contributed by atoms with Crippen molar-refractivity contribution >= 4 is 11.6 Å². The van der Waals surface area contributed by atoms with Crippen LogP contribution in [0.5, 0.6) is 0 Å². The summed E-state index contributed by atoms with van der Waals surface area (Å²) in [5, 5.41) is 3.76. The highest BCUT2D eigenvalue weighted by Crippen LogP contribution is 2.29. The molecule has 2 unspecified atom stereocenters. The van der Waals surface area contributed by atoms with Gasteiger partial charge in [0.25, 0.3) is 0 Å². The van der Waals surface area contributed by atoms with Gasteiger partial charge in [0.1, 0.15) is 5.82 Å². The minimum absolute atomic E-state index is 0.0933. The van der Waals surface area contributed by atoms with Crippen molar-refractivity contribution in [1.29, 1.82) is 0 Å². The fraction of sp³-hybridized carbons (Fsp3) is 0.538. The van der Waals surface area contributed by atoms with E-state index in [0.717, 1.165) is 12.1 Å². The number of ether oxygens (including phenoxy) is 1. The van der Waals surface area contributed by atoms with Gasteiger partial charge in [-0.1, -0.05) is 31.5 Å². The molecule has 2 nitrogen and oxygen atoms in total. The predicted octanol–water partition coefficient (Wildman–Crippen LogP) is 3.16. The maximum Gasteiger partial charge on any atom is 0.124 e. The first-order valence-electron chi connectivity index (χ1n) is 5.89. The molecule has 1 aromatic rings. The second kappa shape index (κ2) is 5.34. The smallest absolute Gasteiger partial charge is 0.124 e. The number of halogens is 2. The lowest BCUT2D eigenvalue weighted by Gasteiger charge is -2.33. The predicted molar refractivity (Wildman–Crippen MR) is 66.7 cm³/mol. The van der Waals surface area contributed by atoms with E-state index in [1.165, 1.54) is 12.1 Å². The van der Waals surface area contributed by atoms with Crippen molar-refractivity contribution in [2.75, 3.05) is 13.1 Å². The number of hydrogen-bond acceptors (Lipinski definition) is 2. The average molecular weight is 258 g/mol. The Morgan fingerprint density at radius 3 is 2.82 bits per heavy atom. The van der Waals surface area contributed by atoms with Crippen LogP contribution in [0.25, 0.3) is 0 Å². The molecule has 0 spiro atoms. The van der Waals surface area contributed by atoms with Gasteiger partial charge in [0, 0.05) is 23.7 Å². The van der Waals surface area contributed by atoms with E-state index in [1.807, 2.05) is 0 Å². The molecular weight excluding hydrogens is 241 g/mol. The second-order valence-corrected chi connectivity index (χ2v) is 5.14. The number of nitrogens with one attached hydrogen (secondary N) is 1. The zero-order chi connectivity index (χ0) is 12.4. The molecule has 1 heterocycles. The number of morpholine rings is 1. The fourth-order valence-corrected chi connectivity index (χ4v) is 2.29. The summed E-state index contributed by atoms with van der Waals surface area (Å²) in [5.74, 6) is 0.132. The molecule has 0 aromatic heterocycles. The maximum atomic E-state index is 13.0.